The predicted molar refractivity (Wildman–Crippen MR) is 98.2 cm³/mol. The van der Waals surface area contributed by atoms with Gasteiger partial charge >= 0.3 is 0 Å². The van der Waals surface area contributed by atoms with Gasteiger partial charge in [-0.25, -0.2) is 9.97 Å². The third-order valence-corrected chi connectivity index (χ3v) is 4.43. The van der Waals surface area contributed by atoms with Gasteiger partial charge in [-0.2, -0.15) is 5.26 Å². The number of pyridine rings is 1. The van der Waals surface area contributed by atoms with Crippen LogP contribution in [0.2, 0.25) is 0 Å². The lowest BCUT2D eigenvalue weighted by Crippen LogP contribution is -2.17. The third-order valence-electron chi connectivity index (χ3n) is 4.43. The Morgan fingerprint density at radius 1 is 1.07 bits per heavy atom. The first kappa shape index (κ1) is 16.8. The maximum atomic E-state index is 9.26. The van der Waals surface area contributed by atoms with Crippen molar-refractivity contribution in [2.24, 2.45) is 0 Å². The van der Waals surface area contributed by atoms with E-state index in [1.54, 1.807) is 19.5 Å². The average molecular weight is 359 g/mol. The van der Waals surface area contributed by atoms with Gasteiger partial charge in [0.1, 0.15) is 36.1 Å². The summed E-state index contributed by atoms with van der Waals surface area (Å²) < 4.78 is 11.0. The standard InChI is InChI=1S/C20H17N5O2/c1-26-19-5-3-17(23-9-19)12-27-18-4-2-14-10-25(11-15(14)6-18)20-16(7-21)8-22-13-24-20/h2-6,8-9,13H,10-12H2,1H3. The first-order valence-corrected chi connectivity index (χ1v) is 8.45. The van der Waals surface area contributed by atoms with E-state index in [9.17, 15) is 5.26 Å². The monoisotopic (exact) mass is 359 g/mol. The van der Waals surface area contributed by atoms with Crippen LogP contribution in [0.4, 0.5) is 5.82 Å². The summed E-state index contributed by atoms with van der Waals surface area (Å²) in [5.74, 6) is 2.17. The van der Waals surface area contributed by atoms with Crippen molar-refractivity contribution < 1.29 is 9.47 Å². The van der Waals surface area contributed by atoms with E-state index in [4.69, 9.17) is 9.47 Å². The molecule has 134 valence electrons. The van der Waals surface area contributed by atoms with Gasteiger partial charge in [0.2, 0.25) is 0 Å². The van der Waals surface area contributed by atoms with Crippen molar-refractivity contribution in [3.8, 4) is 17.6 Å². The highest BCUT2D eigenvalue weighted by Gasteiger charge is 2.23. The van der Waals surface area contributed by atoms with Crippen molar-refractivity contribution >= 4 is 5.82 Å². The number of nitriles is 1. The lowest BCUT2D eigenvalue weighted by atomic mass is 10.1. The van der Waals surface area contributed by atoms with E-state index in [1.165, 1.54) is 11.9 Å². The molecule has 1 aliphatic rings. The zero-order valence-corrected chi connectivity index (χ0v) is 14.8. The Hall–Kier alpha value is -3.66. The number of fused-ring (bicyclic) bond motifs is 1. The summed E-state index contributed by atoms with van der Waals surface area (Å²) >= 11 is 0. The number of benzene rings is 1. The second-order valence-electron chi connectivity index (χ2n) is 6.14. The second-order valence-corrected chi connectivity index (χ2v) is 6.14. The Balaban J connectivity index is 1.45. The minimum atomic E-state index is 0.386. The highest BCUT2D eigenvalue weighted by Crippen LogP contribution is 2.31. The number of ether oxygens (including phenoxy) is 2. The minimum absolute atomic E-state index is 0.386. The van der Waals surface area contributed by atoms with Crippen molar-refractivity contribution in [1.29, 1.82) is 5.26 Å². The molecule has 0 spiro atoms. The first-order valence-electron chi connectivity index (χ1n) is 8.45. The quantitative estimate of drug-likeness (QED) is 0.692. The van der Waals surface area contributed by atoms with Gasteiger partial charge in [-0.1, -0.05) is 6.07 Å². The molecule has 0 N–H and O–H groups in total. The van der Waals surface area contributed by atoms with Gasteiger partial charge in [0.05, 0.1) is 25.2 Å². The zero-order valence-electron chi connectivity index (χ0n) is 14.8. The number of anilines is 1. The van der Waals surface area contributed by atoms with Crippen LogP contribution in [0.25, 0.3) is 0 Å². The molecule has 7 heteroatoms. The van der Waals surface area contributed by atoms with Gasteiger partial charge in [0.25, 0.3) is 0 Å². The van der Waals surface area contributed by atoms with E-state index < -0.39 is 0 Å². The van der Waals surface area contributed by atoms with E-state index in [1.807, 2.05) is 24.3 Å². The van der Waals surface area contributed by atoms with E-state index in [2.05, 4.69) is 32.0 Å². The molecule has 27 heavy (non-hydrogen) atoms. The van der Waals surface area contributed by atoms with Gasteiger partial charge in [-0.3, -0.25) is 4.98 Å². The summed E-state index contributed by atoms with van der Waals surface area (Å²) in [7, 11) is 1.61. The number of hydrogen-bond donors (Lipinski definition) is 0. The molecule has 0 bridgehead atoms. The Morgan fingerprint density at radius 2 is 1.93 bits per heavy atom. The normalized spacial score (nSPS) is 12.4. The maximum Gasteiger partial charge on any atom is 0.150 e. The Bertz CT molecular complexity index is 998. The summed E-state index contributed by atoms with van der Waals surface area (Å²) in [5, 5.41) is 9.26. The molecule has 0 atom stereocenters. The Morgan fingerprint density at radius 3 is 2.70 bits per heavy atom. The van der Waals surface area contributed by atoms with Gasteiger partial charge in [-0.05, 0) is 35.4 Å². The summed E-state index contributed by atoms with van der Waals surface area (Å²) in [6, 6.07) is 11.9. The van der Waals surface area contributed by atoms with Gasteiger partial charge in [0, 0.05) is 13.1 Å². The summed E-state index contributed by atoms with van der Waals surface area (Å²) in [4.78, 5) is 14.6. The van der Waals surface area contributed by atoms with Crippen molar-refractivity contribution in [3.63, 3.8) is 0 Å². The molecule has 1 aromatic carbocycles. The largest absolute Gasteiger partial charge is 0.495 e. The van der Waals surface area contributed by atoms with Crippen LogP contribution < -0.4 is 14.4 Å². The fourth-order valence-electron chi connectivity index (χ4n) is 3.04. The molecule has 2 aromatic heterocycles. The number of hydrogen-bond acceptors (Lipinski definition) is 7. The van der Waals surface area contributed by atoms with Crippen LogP contribution in [0.1, 0.15) is 22.4 Å². The molecule has 0 radical (unpaired) electrons. The van der Waals surface area contributed by atoms with Gasteiger partial charge in [-0.15, -0.1) is 0 Å². The van der Waals surface area contributed by atoms with E-state index in [0.717, 1.165) is 22.8 Å². The zero-order chi connectivity index (χ0) is 18.6. The van der Waals surface area contributed by atoms with Gasteiger partial charge < -0.3 is 14.4 Å². The van der Waals surface area contributed by atoms with Crippen molar-refractivity contribution in [1.82, 2.24) is 15.0 Å². The van der Waals surface area contributed by atoms with Crippen LogP contribution in [0.3, 0.4) is 0 Å². The van der Waals surface area contributed by atoms with E-state index in [-0.39, 0.29) is 0 Å². The van der Waals surface area contributed by atoms with Crippen molar-refractivity contribution in [2.45, 2.75) is 19.7 Å². The van der Waals surface area contributed by atoms with Gasteiger partial charge in [0.15, 0.2) is 5.82 Å². The van der Waals surface area contributed by atoms with Crippen LogP contribution in [0, 0.1) is 11.3 Å². The Labute approximate surface area is 156 Å². The van der Waals surface area contributed by atoms with Crippen LogP contribution in [0.5, 0.6) is 11.5 Å². The molecule has 0 fully saturated rings. The highest BCUT2D eigenvalue weighted by molar-refractivity contribution is 5.56. The molecule has 7 nitrogen and oxygen atoms in total. The molecule has 0 amide bonds. The number of rotatable bonds is 5. The van der Waals surface area contributed by atoms with Crippen LogP contribution in [-0.2, 0) is 19.7 Å². The fourth-order valence-corrected chi connectivity index (χ4v) is 3.04. The molecule has 0 unspecified atom stereocenters. The van der Waals surface area contributed by atoms with Crippen molar-refractivity contribution in [3.05, 3.63) is 71.4 Å². The minimum Gasteiger partial charge on any atom is -0.495 e. The number of aromatic nitrogens is 3. The smallest absolute Gasteiger partial charge is 0.150 e. The molecule has 0 saturated heterocycles. The lowest BCUT2D eigenvalue weighted by Gasteiger charge is -2.16. The molecule has 3 heterocycles. The highest BCUT2D eigenvalue weighted by atomic mass is 16.5. The van der Waals surface area contributed by atoms with E-state index in [0.29, 0.717) is 31.1 Å². The van der Waals surface area contributed by atoms with Crippen molar-refractivity contribution in [2.75, 3.05) is 12.0 Å². The van der Waals surface area contributed by atoms with E-state index >= 15 is 0 Å². The molecule has 0 aliphatic carbocycles. The average Bonchev–Trinajstić information content (AvgIpc) is 3.15. The topological polar surface area (TPSA) is 84.2 Å². The summed E-state index contributed by atoms with van der Waals surface area (Å²) in [6.07, 6.45) is 4.69. The fraction of sp³-hybridized carbons (Fsp3) is 0.200. The molecular weight excluding hydrogens is 342 g/mol. The second kappa shape index (κ2) is 7.30. The maximum absolute atomic E-state index is 9.26. The molecule has 1 aliphatic heterocycles. The lowest BCUT2D eigenvalue weighted by molar-refractivity contribution is 0.300. The first-order chi connectivity index (χ1) is 13.3. The number of nitrogens with zero attached hydrogens (tertiary/aromatic N) is 5. The molecule has 3 aromatic rings. The number of methoxy groups -OCH3 is 1. The Kier molecular flexibility index (Phi) is 4.54. The van der Waals surface area contributed by atoms with Crippen LogP contribution in [0.15, 0.2) is 49.1 Å². The predicted octanol–water partition coefficient (Wildman–Crippen LogP) is 2.85. The molecule has 0 saturated carbocycles. The SMILES string of the molecule is COc1ccc(COc2ccc3c(c2)CN(c2ncncc2C#N)C3)nc1. The third kappa shape index (κ3) is 3.51. The summed E-state index contributed by atoms with van der Waals surface area (Å²) in [5.41, 5.74) is 3.68. The van der Waals surface area contributed by atoms with Crippen LogP contribution in [-0.4, -0.2) is 22.1 Å². The molecular formula is C20H17N5O2. The van der Waals surface area contributed by atoms with Crippen LogP contribution >= 0.6 is 0 Å². The molecule has 4 rings (SSSR count). The summed E-state index contributed by atoms with van der Waals surface area (Å²) in [6.45, 7) is 1.78.